The fourth-order valence-electron chi connectivity index (χ4n) is 2.69. The molecule has 2 rings (SSSR count). The average molecular weight is 274 g/mol. The third-order valence-corrected chi connectivity index (χ3v) is 3.90. The smallest absolute Gasteiger partial charge is 0.224 e. The van der Waals surface area contributed by atoms with Crippen LogP contribution >= 0.6 is 0 Å². The highest BCUT2D eigenvalue weighted by atomic mass is 16.1. The molecule has 3 nitrogen and oxygen atoms in total. The first-order valence-corrected chi connectivity index (χ1v) is 7.94. The number of rotatable bonds is 6. The number of hydrogen-bond donors (Lipinski definition) is 2. The minimum atomic E-state index is 0.111. The molecule has 1 fully saturated rings. The Morgan fingerprint density at radius 1 is 1.10 bits per heavy atom. The molecule has 0 aromatic heterocycles. The fourth-order valence-corrected chi connectivity index (χ4v) is 2.69. The van der Waals surface area contributed by atoms with Crippen LogP contribution in [0.2, 0.25) is 0 Å². The van der Waals surface area contributed by atoms with E-state index in [1.54, 1.807) is 0 Å². The molecular formula is C17H26N2O. The molecule has 110 valence electrons. The number of unbranched alkanes of at least 4 members (excludes halogenated alkanes) is 1. The minimum absolute atomic E-state index is 0.111. The van der Waals surface area contributed by atoms with Crippen molar-refractivity contribution in [2.24, 2.45) is 0 Å². The van der Waals surface area contributed by atoms with Crippen LogP contribution in [0.15, 0.2) is 24.3 Å². The van der Waals surface area contributed by atoms with Gasteiger partial charge in [0.1, 0.15) is 0 Å². The van der Waals surface area contributed by atoms with E-state index in [0.29, 0.717) is 12.5 Å². The predicted molar refractivity (Wildman–Crippen MR) is 85.1 cm³/mol. The quantitative estimate of drug-likeness (QED) is 0.798. The summed E-state index contributed by atoms with van der Waals surface area (Å²) in [7, 11) is 0. The van der Waals surface area contributed by atoms with Crippen molar-refractivity contribution < 1.29 is 4.79 Å². The number of hydrogen-bond acceptors (Lipinski definition) is 2. The molecule has 0 radical (unpaired) electrons. The predicted octanol–water partition coefficient (Wildman–Crippen LogP) is 4.56. The Bertz CT molecular complexity index is 408. The topological polar surface area (TPSA) is 41.1 Å². The summed E-state index contributed by atoms with van der Waals surface area (Å²) in [6.45, 7) is 2.10. The maximum absolute atomic E-state index is 11.6. The Balaban J connectivity index is 1.81. The van der Waals surface area contributed by atoms with Gasteiger partial charge in [-0.2, -0.15) is 0 Å². The van der Waals surface area contributed by atoms with E-state index in [-0.39, 0.29) is 5.91 Å². The lowest BCUT2D eigenvalue weighted by molar-refractivity contribution is -0.116. The average Bonchev–Trinajstić information content (AvgIpc) is 2.48. The lowest BCUT2D eigenvalue weighted by atomic mass is 9.95. The zero-order valence-corrected chi connectivity index (χ0v) is 12.5. The van der Waals surface area contributed by atoms with Gasteiger partial charge in [-0.05, 0) is 43.5 Å². The molecule has 1 saturated carbocycles. The van der Waals surface area contributed by atoms with Gasteiger partial charge in [0.25, 0.3) is 0 Å². The second-order valence-electron chi connectivity index (χ2n) is 5.71. The molecule has 0 aliphatic heterocycles. The van der Waals surface area contributed by atoms with Gasteiger partial charge in [0.2, 0.25) is 5.91 Å². The molecule has 1 amide bonds. The van der Waals surface area contributed by atoms with Gasteiger partial charge in [-0.1, -0.05) is 32.6 Å². The van der Waals surface area contributed by atoms with Crippen LogP contribution in [0.1, 0.15) is 58.3 Å². The molecule has 1 aliphatic carbocycles. The molecule has 2 N–H and O–H groups in total. The summed E-state index contributed by atoms with van der Waals surface area (Å²) in [6.07, 6.45) is 9.21. The van der Waals surface area contributed by atoms with E-state index >= 15 is 0 Å². The lowest BCUT2D eigenvalue weighted by Gasteiger charge is -2.23. The number of carbonyl (C=O) groups is 1. The zero-order valence-electron chi connectivity index (χ0n) is 12.5. The van der Waals surface area contributed by atoms with Crippen molar-refractivity contribution in [3.05, 3.63) is 24.3 Å². The van der Waals surface area contributed by atoms with Gasteiger partial charge >= 0.3 is 0 Å². The highest BCUT2D eigenvalue weighted by molar-refractivity contribution is 5.90. The fraction of sp³-hybridized carbons (Fsp3) is 0.588. The van der Waals surface area contributed by atoms with Crippen LogP contribution in [-0.4, -0.2) is 11.9 Å². The first kappa shape index (κ1) is 14.9. The summed E-state index contributed by atoms with van der Waals surface area (Å²) in [5.41, 5.74) is 2.05. The normalized spacial score (nSPS) is 15.8. The van der Waals surface area contributed by atoms with Gasteiger partial charge < -0.3 is 10.6 Å². The minimum Gasteiger partial charge on any atom is -0.382 e. The summed E-state index contributed by atoms with van der Waals surface area (Å²) in [4.78, 5) is 11.6. The summed E-state index contributed by atoms with van der Waals surface area (Å²) in [5.74, 6) is 0.111. The summed E-state index contributed by atoms with van der Waals surface area (Å²) in [5, 5.41) is 6.52. The Labute approximate surface area is 122 Å². The maximum atomic E-state index is 11.6. The van der Waals surface area contributed by atoms with Crippen LogP contribution in [0.4, 0.5) is 11.4 Å². The molecule has 1 aromatic rings. The first-order chi connectivity index (χ1) is 9.78. The zero-order chi connectivity index (χ0) is 14.2. The Morgan fingerprint density at radius 2 is 1.75 bits per heavy atom. The monoisotopic (exact) mass is 274 g/mol. The van der Waals surface area contributed by atoms with Crippen molar-refractivity contribution in [2.75, 3.05) is 10.6 Å². The SMILES string of the molecule is CCCCC(=O)Nc1ccc(NC2CCCCC2)cc1. The van der Waals surface area contributed by atoms with E-state index in [1.165, 1.54) is 32.1 Å². The van der Waals surface area contributed by atoms with E-state index in [2.05, 4.69) is 29.7 Å². The molecule has 0 saturated heterocycles. The second-order valence-corrected chi connectivity index (χ2v) is 5.71. The largest absolute Gasteiger partial charge is 0.382 e. The highest BCUT2D eigenvalue weighted by Gasteiger charge is 2.12. The second kappa shape index (κ2) is 7.93. The highest BCUT2D eigenvalue weighted by Crippen LogP contribution is 2.22. The van der Waals surface area contributed by atoms with Crippen molar-refractivity contribution in [3.8, 4) is 0 Å². The van der Waals surface area contributed by atoms with Crippen molar-refractivity contribution in [3.63, 3.8) is 0 Å². The van der Waals surface area contributed by atoms with Crippen molar-refractivity contribution >= 4 is 17.3 Å². The Morgan fingerprint density at radius 3 is 2.40 bits per heavy atom. The van der Waals surface area contributed by atoms with Crippen LogP contribution < -0.4 is 10.6 Å². The van der Waals surface area contributed by atoms with E-state index in [1.807, 2.05) is 12.1 Å². The van der Waals surface area contributed by atoms with E-state index < -0.39 is 0 Å². The Kier molecular flexibility index (Phi) is 5.90. The third kappa shape index (κ3) is 4.87. The third-order valence-electron chi connectivity index (χ3n) is 3.90. The van der Waals surface area contributed by atoms with Crippen LogP contribution in [-0.2, 0) is 4.79 Å². The van der Waals surface area contributed by atoms with Gasteiger partial charge in [0, 0.05) is 23.8 Å². The van der Waals surface area contributed by atoms with Crippen molar-refractivity contribution in [1.29, 1.82) is 0 Å². The lowest BCUT2D eigenvalue weighted by Crippen LogP contribution is -2.22. The number of amides is 1. The van der Waals surface area contributed by atoms with Crippen molar-refractivity contribution in [1.82, 2.24) is 0 Å². The maximum Gasteiger partial charge on any atom is 0.224 e. The first-order valence-electron chi connectivity index (χ1n) is 7.94. The molecule has 0 bridgehead atoms. The molecule has 0 heterocycles. The standard InChI is InChI=1S/C17H26N2O/c1-2-3-9-17(20)19-16-12-10-15(11-13-16)18-14-7-5-4-6-8-14/h10-14,18H,2-9H2,1H3,(H,19,20). The molecule has 1 aromatic carbocycles. The molecule has 3 heteroatoms. The van der Waals surface area contributed by atoms with Crippen LogP contribution in [0.25, 0.3) is 0 Å². The molecule has 1 aliphatic rings. The van der Waals surface area contributed by atoms with Gasteiger partial charge in [-0.25, -0.2) is 0 Å². The van der Waals surface area contributed by atoms with E-state index in [4.69, 9.17) is 0 Å². The van der Waals surface area contributed by atoms with E-state index in [0.717, 1.165) is 24.2 Å². The van der Waals surface area contributed by atoms with Crippen molar-refractivity contribution in [2.45, 2.75) is 64.3 Å². The molecule has 0 unspecified atom stereocenters. The molecule has 0 spiro atoms. The molecule has 0 atom stereocenters. The number of carbonyl (C=O) groups excluding carboxylic acids is 1. The van der Waals surface area contributed by atoms with E-state index in [9.17, 15) is 4.79 Å². The summed E-state index contributed by atoms with van der Waals surface area (Å²) >= 11 is 0. The number of benzene rings is 1. The summed E-state index contributed by atoms with van der Waals surface area (Å²) in [6, 6.07) is 8.70. The van der Waals surface area contributed by atoms with Crippen LogP contribution in [0, 0.1) is 0 Å². The van der Waals surface area contributed by atoms with Gasteiger partial charge in [0.15, 0.2) is 0 Å². The molecule has 20 heavy (non-hydrogen) atoms. The van der Waals surface area contributed by atoms with Crippen LogP contribution in [0.3, 0.4) is 0 Å². The summed E-state index contributed by atoms with van der Waals surface area (Å²) < 4.78 is 0. The number of anilines is 2. The van der Waals surface area contributed by atoms with Gasteiger partial charge in [0.05, 0.1) is 0 Å². The number of nitrogens with one attached hydrogen (secondary N) is 2. The van der Waals surface area contributed by atoms with Crippen LogP contribution in [0.5, 0.6) is 0 Å². The molecular weight excluding hydrogens is 248 g/mol. The van der Waals surface area contributed by atoms with Gasteiger partial charge in [-0.3, -0.25) is 4.79 Å². The van der Waals surface area contributed by atoms with Gasteiger partial charge in [-0.15, -0.1) is 0 Å². The Hall–Kier alpha value is -1.51.